The zero-order chi connectivity index (χ0) is 15.6. The Kier molecular flexibility index (Phi) is 5.85. The molecule has 0 aliphatic carbocycles. The molecular weight excluding hydrogens is 290 g/mol. The molecule has 8 atom stereocenters. The molecule has 0 aromatic rings. The van der Waals surface area contributed by atoms with Crippen LogP contribution < -0.4 is 5.48 Å². The van der Waals surface area contributed by atoms with Crippen molar-refractivity contribution >= 4 is 0 Å². The maximum atomic E-state index is 9.86. The molecule has 0 radical (unpaired) electrons. The van der Waals surface area contributed by atoms with Crippen LogP contribution in [0.2, 0.25) is 0 Å². The van der Waals surface area contributed by atoms with E-state index in [1.165, 1.54) is 0 Å². The highest BCUT2D eigenvalue weighted by Gasteiger charge is 2.46. The zero-order valence-corrected chi connectivity index (χ0v) is 11.1. The van der Waals surface area contributed by atoms with E-state index in [4.69, 9.17) is 19.4 Å². The monoisotopic (exact) mass is 311 g/mol. The van der Waals surface area contributed by atoms with Gasteiger partial charge in [0, 0.05) is 0 Å². The average Bonchev–Trinajstić information content (AvgIpc) is 2.49. The van der Waals surface area contributed by atoms with Crippen LogP contribution in [0.15, 0.2) is 0 Å². The third-order valence-corrected chi connectivity index (χ3v) is 3.60. The van der Waals surface area contributed by atoms with Crippen molar-refractivity contribution in [3.63, 3.8) is 0 Å². The minimum Gasteiger partial charge on any atom is -0.395 e. The van der Waals surface area contributed by atoms with Crippen LogP contribution in [0.25, 0.3) is 0 Å². The average molecular weight is 311 g/mol. The molecule has 7 N–H and O–H groups in total. The number of rotatable bonds is 4. The molecule has 0 aromatic heterocycles. The van der Waals surface area contributed by atoms with Crippen molar-refractivity contribution in [3.05, 3.63) is 0 Å². The summed E-state index contributed by atoms with van der Waals surface area (Å²) in [7, 11) is 0. The van der Waals surface area contributed by atoms with E-state index in [-0.39, 0.29) is 6.61 Å². The molecule has 0 aromatic carbocycles. The van der Waals surface area contributed by atoms with Crippen LogP contribution in [-0.4, -0.2) is 99.4 Å². The van der Waals surface area contributed by atoms with Gasteiger partial charge in [0.05, 0.1) is 25.9 Å². The van der Waals surface area contributed by atoms with Gasteiger partial charge in [0.15, 0.2) is 6.29 Å². The van der Waals surface area contributed by atoms with Gasteiger partial charge >= 0.3 is 0 Å². The molecule has 21 heavy (non-hydrogen) atoms. The lowest BCUT2D eigenvalue weighted by atomic mass is 9.99. The van der Waals surface area contributed by atoms with Gasteiger partial charge in [0.1, 0.15) is 36.6 Å². The van der Waals surface area contributed by atoms with Crippen LogP contribution in [0.5, 0.6) is 0 Å². The Balaban J connectivity index is 2.05. The van der Waals surface area contributed by atoms with E-state index in [2.05, 4.69) is 5.48 Å². The second kappa shape index (κ2) is 7.24. The SMILES string of the molecule is OC[C@H]1NOC[C@@H](O)[C@@H]1O[C@@H]1O[C@H](CO)[C@@H](O)[C@H](O)[C@H]1O. The van der Waals surface area contributed by atoms with Crippen LogP contribution in [0.3, 0.4) is 0 Å². The highest BCUT2D eigenvalue weighted by molar-refractivity contribution is 4.91. The van der Waals surface area contributed by atoms with Crippen molar-refractivity contribution in [2.45, 2.75) is 49.0 Å². The molecule has 2 rings (SSSR count). The molecule has 124 valence electrons. The van der Waals surface area contributed by atoms with Gasteiger partial charge in [-0.05, 0) is 0 Å². The second-order valence-corrected chi connectivity index (χ2v) is 5.08. The van der Waals surface area contributed by atoms with E-state index in [1.807, 2.05) is 0 Å². The predicted molar refractivity (Wildman–Crippen MR) is 64.6 cm³/mol. The Morgan fingerprint density at radius 2 is 1.71 bits per heavy atom. The minimum absolute atomic E-state index is 0.0986. The van der Waals surface area contributed by atoms with E-state index in [0.29, 0.717) is 0 Å². The lowest BCUT2D eigenvalue weighted by molar-refractivity contribution is -0.328. The van der Waals surface area contributed by atoms with Gasteiger partial charge in [-0.15, -0.1) is 0 Å². The Labute approximate surface area is 120 Å². The van der Waals surface area contributed by atoms with Crippen LogP contribution in [-0.2, 0) is 14.3 Å². The van der Waals surface area contributed by atoms with Gasteiger partial charge in [-0.3, -0.25) is 4.84 Å². The quantitative estimate of drug-likeness (QED) is 0.269. The number of hydrogen-bond acceptors (Lipinski definition) is 10. The fourth-order valence-electron chi connectivity index (χ4n) is 2.33. The van der Waals surface area contributed by atoms with Crippen molar-refractivity contribution in [2.24, 2.45) is 0 Å². The Morgan fingerprint density at radius 1 is 1.00 bits per heavy atom. The summed E-state index contributed by atoms with van der Waals surface area (Å²) in [5.41, 5.74) is 2.47. The summed E-state index contributed by atoms with van der Waals surface area (Å²) in [5, 5.41) is 57.3. The third kappa shape index (κ3) is 3.51. The van der Waals surface area contributed by atoms with Crippen molar-refractivity contribution in [3.8, 4) is 0 Å². The van der Waals surface area contributed by atoms with Crippen molar-refractivity contribution in [1.29, 1.82) is 0 Å². The smallest absolute Gasteiger partial charge is 0.187 e. The molecule has 0 unspecified atom stereocenters. The third-order valence-electron chi connectivity index (χ3n) is 3.60. The lowest BCUT2D eigenvalue weighted by Crippen LogP contribution is -2.63. The number of hydrogen-bond donors (Lipinski definition) is 7. The van der Waals surface area contributed by atoms with E-state index in [9.17, 15) is 25.5 Å². The number of aliphatic hydroxyl groups is 6. The van der Waals surface area contributed by atoms with Gasteiger partial charge < -0.3 is 40.1 Å². The number of nitrogens with one attached hydrogen (secondary N) is 1. The maximum absolute atomic E-state index is 9.86. The molecular formula is C11H21NO9. The molecule has 0 amide bonds. The minimum atomic E-state index is -1.57. The number of aliphatic hydroxyl groups excluding tert-OH is 6. The van der Waals surface area contributed by atoms with E-state index < -0.39 is 62.2 Å². The first-order chi connectivity index (χ1) is 9.99. The molecule has 2 fully saturated rings. The van der Waals surface area contributed by atoms with E-state index >= 15 is 0 Å². The molecule has 2 heterocycles. The fourth-order valence-corrected chi connectivity index (χ4v) is 2.33. The van der Waals surface area contributed by atoms with Crippen molar-refractivity contribution in [2.75, 3.05) is 19.8 Å². The first-order valence-corrected chi connectivity index (χ1v) is 6.61. The summed E-state index contributed by atoms with van der Waals surface area (Å²) in [5.74, 6) is 0. The van der Waals surface area contributed by atoms with Gasteiger partial charge in [0.25, 0.3) is 0 Å². The number of hydroxylamine groups is 1. The molecule has 2 aliphatic rings. The van der Waals surface area contributed by atoms with Crippen LogP contribution in [0.1, 0.15) is 0 Å². The predicted octanol–water partition coefficient (Wildman–Crippen LogP) is -4.57. The van der Waals surface area contributed by atoms with Crippen LogP contribution in [0, 0.1) is 0 Å². The molecule has 0 spiro atoms. The Bertz CT molecular complexity index is 331. The van der Waals surface area contributed by atoms with Crippen molar-refractivity contribution < 1.29 is 45.0 Å². The number of ether oxygens (including phenoxy) is 2. The molecule has 2 aliphatic heterocycles. The topological polar surface area (TPSA) is 161 Å². The molecule has 0 saturated carbocycles. The Hall–Kier alpha value is -0.400. The molecule has 10 nitrogen and oxygen atoms in total. The largest absolute Gasteiger partial charge is 0.395 e. The molecule has 10 heteroatoms. The highest BCUT2D eigenvalue weighted by atomic mass is 16.7. The van der Waals surface area contributed by atoms with Gasteiger partial charge in [0.2, 0.25) is 0 Å². The summed E-state index contributed by atoms with van der Waals surface area (Å²) in [4.78, 5) is 4.84. The summed E-state index contributed by atoms with van der Waals surface area (Å²) < 4.78 is 10.6. The fraction of sp³-hybridized carbons (Fsp3) is 1.00. The maximum Gasteiger partial charge on any atom is 0.187 e. The molecule has 0 bridgehead atoms. The summed E-state index contributed by atoms with van der Waals surface area (Å²) in [6.07, 6.45) is -9.17. The van der Waals surface area contributed by atoms with Gasteiger partial charge in [-0.25, -0.2) is 0 Å². The normalized spacial score (nSPS) is 48.3. The lowest BCUT2D eigenvalue weighted by Gasteiger charge is -2.43. The van der Waals surface area contributed by atoms with Gasteiger partial charge in [-0.1, -0.05) is 0 Å². The van der Waals surface area contributed by atoms with E-state index in [0.717, 1.165) is 0 Å². The first kappa shape index (κ1) is 17.0. The summed E-state index contributed by atoms with van der Waals surface area (Å²) in [6.45, 7) is -1.08. The zero-order valence-electron chi connectivity index (χ0n) is 11.1. The van der Waals surface area contributed by atoms with Crippen molar-refractivity contribution in [1.82, 2.24) is 5.48 Å². The van der Waals surface area contributed by atoms with E-state index in [1.54, 1.807) is 0 Å². The van der Waals surface area contributed by atoms with Gasteiger partial charge in [-0.2, -0.15) is 5.48 Å². The Morgan fingerprint density at radius 3 is 2.33 bits per heavy atom. The summed E-state index contributed by atoms with van der Waals surface area (Å²) in [6, 6.07) is -0.763. The van der Waals surface area contributed by atoms with Crippen LogP contribution in [0.4, 0.5) is 0 Å². The summed E-state index contributed by atoms with van der Waals surface area (Å²) >= 11 is 0. The standard InChI is InChI=1S/C11H21NO9/c13-1-4-10(5(15)3-19-12-4)21-11-9(18)8(17)7(16)6(2-14)20-11/h4-18H,1-3H2/t4-,5-,6-,7-,8+,9-,10-,11+/m1/s1. The molecule has 2 saturated heterocycles. The highest BCUT2D eigenvalue weighted by Crippen LogP contribution is 2.25. The first-order valence-electron chi connectivity index (χ1n) is 6.61. The second-order valence-electron chi connectivity index (χ2n) is 5.08. The van der Waals surface area contributed by atoms with Crippen LogP contribution >= 0.6 is 0 Å².